The molecule has 2 amide bonds. The second kappa shape index (κ2) is 7.63. The van der Waals surface area contributed by atoms with E-state index in [0.29, 0.717) is 6.42 Å². The molecule has 28 heavy (non-hydrogen) atoms. The Bertz CT molecular complexity index is 920. The fraction of sp³-hybridized carbons (Fsp3) is 0.524. The molecule has 0 aromatic carbocycles. The minimum atomic E-state index is -0.0615. The van der Waals surface area contributed by atoms with Crippen molar-refractivity contribution in [2.24, 2.45) is 5.41 Å². The molecule has 1 unspecified atom stereocenters. The van der Waals surface area contributed by atoms with Gasteiger partial charge >= 0.3 is 0 Å². The third-order valence-corrected chi connectivity index (χ3v) is 6.33. The van der Waals surface area contributed by atoms with Gasteiger partial charge in [0.15, 0.2) is 0 Å². The standard InChI is InChI=1S/C21H25N5O2/c22-9-5-20(28)25-11-7-21(8-12-25)6-4-17(14-21)24-19(27)13-16-15-23-26-10-2-1-3-18(16)26/h1-3,10,15,17H,4-8,11-14H2,(H,24,27). The molecule has 1 spiro atoms. The molecule has 2 aromatic heterocycles. The van der Waals surface area contributed by atoms with Gasteiger partial charge in [-0.1, -0.05) is 6.07 Å². The van der Waals surface area contributed by atoms with Gasteiger partial charge in [-0.05, 0) is 49.7 Å². The van der Waals surface area contributed by atoms with Crippen LogP contribution in [0.3, 0.4) is 0 Å². The van der Waals surface area contributed by atoms with Gasteiger partial charge in [0.2, 0.25) is 11.8 Å². The Morgan fingerprint density at radius 1 is 1.29 bits per heavy atom. The second-order valence-electron chi connectivity index (χ2n) is 8.10. The van der Waals surface area contributed by atoms with Gasteiger partial charge in [-0.2, -0.15) is 10.4 Å². The molecule has 146 valence electrons. The number of likely N-dealkylation sites (tertiary alicyclic amines) is 1. The van der Waals surface area contributed by atoms with Crippen LogP contribution in [0.15, 0.2) is 30.6 Å². The number of rotatable bonds is 4. The Kier molecular flexibility index (Phi) is 5.03. The Morgan fingerprint density at radius 3 is 2.89 bits per heavy atom. The normalized spacial score (nSPS) is 21.0. The SMILES string of the molecule is N#CCC(=O)N1CCC2(CCC(NC(=O)Cc3cnn4ccccc34)C2)CC1. The van der Waals surface area contributed by atoms with Crippen LogP contribution in [0.1, 0.15) is 44.1 Å². The molecule has 0 bridgehead atoms. The van der Waals surface area contributed by atoms with Crippen molar-refractivity contribution in [2.75, 3.05) is 13.1 Å². The number of fused-ring (bicyclic) bond motifs is 1. The summed E-state index contributed by atoms with van der Waals surface area (Å²) in [5.74, 6) is -0.0176. The highest BCUT2D eigenvalue weighted by atomic mass is 16.2. The number of piperidine rings is 1. The molecule has 7 heteroatoms. The summed E-state index contributed by atoms with van der Waals surface area (Å²) in [6.07, 6.45) is 8.94. The van der Waals surface area contributed by atoms with Crippen molar-refractivity contribution in [1.29, 1.82) is 5.26 Å². The topological polar surface area (TPSA) is 90.5 Å². The molecule has 2 fully saturated rings. The van der Waals surface area contributed by atoms with Gasteiger partial charge in [0.1, 0.15) is 6.42 Å². The summed E-state index contributed by atoms with van der Waals surface area (Å²) in [5.41, 5.74) is 2.14. The molecular weight excluding hydrogens is 354 g/mol. The van der Waals surface area contributed by atoms with Gasteiger partial charge in [0.25, 0.3) is 0 Å². The maximum absolute atomic E-state index is 12.6. The summed E-state index contributed by atoms with van der Waals surface area (Å²) in [6, 6.07) is 7.99. The van der Waals surface area contributed by atoms with E-state index in [1.165, 1.54) is 0 Å². The summed E-state index contributed by atoms with van der Waals surface area (Å²) in [5, 5.41) is 16.2. The lowest BCUT2D eigenvalue weighted by atomic mass is 9.77. The number of nitriles is 1. The molecule has 2 aromatic rings. The monoisotopic (exact) mass is 379 g/mol. The maximum Gasteiger partial charge on any atom is 0.236 e. The number of aromatic nitrogens is 2. The van der Waals surface area contributed by atoms with Crippen LogP contribution in [0, 0.1) is 16.7 Å². The van der Waals surface area contributed by atoms with E-state index in [-0.39, 0.29) is 29.7 Å². The lowest BCUT2D eigenvalue weighted by molar-refractivity contribution is -0.132. The Balaban J connectivity index is 1.30. The van der Waals surface area contributed by atoms with E-state index in [2.05, 4.69) is 10.4 Å². The average molecular weight is 379 g/mol. The third-order valence-electron chi connectivity index (χ3n) is 6.33. The number of amides is 2. The lowest BCUT2D eigenvalue weighted by Crippen LogP contribution is -2.43. The maximum atomic E-state index is 12.6. The molecule has 0 radical (unpaired) electrons. The van der Waals surface area contributed by atoms with Gasteiger partial charge in [-0.15, -0.1) is 0 Å². The molecule has 2 aliphatic rings. The quantitative estimate of drug-likeness (QED) is 0.880. The smallest absolute Gasteiger partial charge is 0.236 e. The molecule has 1 aliphatic carbocycles. The Hall–Kier alpha value is -2.88. The van der Waals surface area contributed by atoms with Crippen LogP contribution >= 0.6 is 0 Å². The average Bonchev–Trinajstić information content (AvgIpc) is 3.27. The van der Waals surface area contributed by atoms with E-state index < -0.39 is 0 Å². The molecular formula is C21H25N5O2. The van der Waals surface area contributed by atoms with Crippen LogP contribution in [0.5, 0.6) is 0 Å². The van der Waals surface area contributed by atoms with Crippen LogP contribution < -0.4 is 5.32 Å². The van der Waals surface area contributed by atoms with Crippen molar-refractivity contribution < 1.29 is 9.59 Å². The van der Waals surface area contributed by atoms with Gasteiger partial charge in [0.05, 0.1) is 24.2 Å². The molecule has 3 heterocycles. The number of nitrogens with zero attached hydrogens (tertiary/aromatic N) is 4. The highest BCUT2D eigenvalue weighted by molar-refractivity contribution is 5.81. The predicted molar refractivity (Wildman–Crippen MR) is 103 cm³/mol. The van der Waals surface area contributed by atoms with Crippen molar-refractivity contribution in [3.05, 3.63) is 36.2 Å². The summed E-state index contributed by atoms with van der Waals surface area (Å²) in [7, 11) is 0. The summed E-state index contributed by atoms with van der Waals surface area (Å²) in [4.78, 5) is 26.3. The molecule has 1 aliphatic heterocycles. The number of nitrogens with one attached hydrogen (secondary N) is 1. The van der Waals surface area contributed by atoms with Crippen molar-refractivity contribution in [3.8, 4) is 6.07 Å². The first-order chi connectivity index (χ1) is 13.6. The zero-order valence-electron chi connectivity index (χ0n) is 15.9. The first-order valence-electron chi connectivity index (χ1n) is 9.94. The van der Waals surface area contributed by atoms with E-state index in [0.717, 1.165) is 56.3 Å². The number of carbonyl (C=O) groups is 2. The zero-order chi connectivity index (χ0) is 19.6. The second-order valence-corrected chi connectivity index (χ2v) is 8.10. The molecule has 1 saturated carbocycles. The van der Waals surface area contributed by atoms with E-state index in [1.807, 2.05) is 35.4 Å². The van der Waals surface area contributed by atoms with E-state index in [1.54, 1.807) is 10.7 Å². The van der Waals surface area contributed by atoms with Gasteiger partial charge in [-0.25, -0.2) is 4.52 Å². The molecule has 4 rings (SSSR count). The fourth-order valence-electron chi connectivity index (χ4n) is 4.77. The summed E-state index contributed by atoms with van der Waals surface area (Å²) >= 11 is 0. The zero-order valence-corrected chi connectivity index (χ0v) is 15.9. The van der Waals surface area contributed by atoms with E-state index in [4.69, 9.17) is 5.26 Å². The summed E-state index contributed by atoms with van der Waals surface area (Å²) < 4.78 is 1.79. The lowest BCUT2D eigenvalue weighted by Gasteiger charge is -2.39. The van der Waals surface area contributed by atoms with Crippen LogP contribution in [0.2, 0.25) is 0 Å². The highest BCUT2D eigenvalue weighted by Crippen LogP contribution is 2.46. The minimum absolute atomic E-state index is 0.0325. The molecule has 1 saturated heterocycles. The number of hydrogen-bond acceptors (Lipinski definition) is 4. The van der Waals surface area contributed by atoms with Crippen molar-refractivity contribution in [1.82, 2.24) is 19.8 Å². The minimum Gasteiger partial charge on any atom is -0.353 e. The first-order valence-corrected chi connectivity index (χ1v) is 9.94. The first kappa shape index (κ1) is 18.5. The van der Waals surface area contributed by atoms with E-state index in [9.17, 15) is 9.59 Å². The van der Waals surface area contributed by atoms with Gasteiger partial charge in [-0.3, -0.25) is 9.59 Å². The number of carbonyl (C=O) groups excluding carboxylic acids is 2. The van der Waals surface area contributed by atoms with Crippen molar-refractivity contribution in [3.63, 3.8) is 0 Å². The number of hydrogen-bond donors (Lipinski definition) is 1. The van der Waals surface area contributed by atoms with Crippen LogP contribution in [0.4, 0.5) is 0 Å². The van der Waals surface area contributed by atoms with Crippen molar-refractivity contribution in [2.45, 2.75) is 51.0 Å². The molecule has 1 N–H and O–H groups in total. The predicted octanol–water partition coefficient (Wildman–Crippen LogP) is 2.07. The third kappa shape index (κ3) is 3.72. The van der Waals surface area contributed by atoms with E-state index >= 15 is 0 Å². The largest absolute Gasteiger partial charge is 0.353 e. The van der Waals surface area contributed by atoms with Crippen LogP contribution in [-0.2, 0) is 16.0 Å². The molecule has 1 atom stereocenters. The van der Waals surface area contributed by atoms with Crippen LogP contribution in [0.25, 0.3) is 5.52 Å². The van der Waals surface area contributed by atoms with Crippen molar-refractivity contribution >= 4 is 17.3 Å². The molecule has 7 nitrogen and oxygen atoms in total. The number of pyridine rings is 1. The highest BCUT2D eigenvalue weighted by Gasteiger charge is 2.42. The Morgan fingerprint density at radius 2 is 2.11 bits per heavy atom. The summed E-state index contributed by atoms with van der Waals surface area (Å²) in [6.45, 7) is 1.45. The van der Waals surface area contributed by atoms with Gasteiger partial charge < -0.3 is 10.2 Å². The fourth-order valence-corrected chi connectivity index (χ4v) is 4.77. The van der Waals surface area contributed by atoms with Crippen LogP contribution in [-0.4, -0.2) is 45.5 Å². The van der Waals surface area contributed by atoms with Gasteiger partial charge in [0, 0.05) is 30.9 Å². The Labute approximate surface area is 164 Å².